The summed E-state index contributed by atoms with van der Waals surface area (Å²) in [5.41, 5.74) is 3.74. The number of carbonyl (C=O) groups excluding carboxylic acids is 1. The number of hydrogen-bond donors (Lipinski definition) is 1. The first-order valence-corrected chi connectivity index (χ1v) is 9.13. The molecule has 1 unspecified atom stereocenters. The number of nitrogens with zero attached hydrogens (tertiary/aromatic N) is 2. The molecular formula is C19H21N3O2S. The molecule has 0 saturated carbocycles. The van der Waals surface area contributed by atoms with Gasteiger partial charge in [-0.2, -0.15) is 0 Å². The summed E-state index contributed by atoms with van der Waals surface area (Å²) in [5.74, 6) is -0.218. The molecule has 1 aromatic carbocycles. The average Bonchev–Trinajstić information content (AvgIpc) is 3.04. The van der Waals surface area contributed by atoms with Gasteiger partial charge in [-0.15, -0.1) is 11.3 Å². The maximum Gasteiger partial charge on any atom is 0.252 e. The van der Waals surface area contributed by atoms with Gasteiger partial charge in [-0.1, -0.05) is 18.6 Å². The van der Waals surface area contributed by atoms with Crippen molar-refractivity contribution in [3.63, 3.8) is 0 Å². The Morgan fingerprint density at radius 2 is 2.00 bits per heavy atom. The Bertz CT molecular complexity index is 990. The number of anilines is 1. The van der Waals surface area contributed by atoms with Gasteiger partial charge in [0.25, 0.3) is 5.56 Å². The molecule has 0 aliphatic heterocycles. The molecule has 0 radical (unpaired) electrons. The van der Waals surface area contributed by atoms with Gasteiger partial charge in [-0.25, -0.2) is 4.98 Å². The number of carbonyl (C=O) groups is 1. The summed E-state index contributed by atoms with van der Waals surface area (Å²) in [6.07, 6.45) is 2.16. The molecule has 2 heterocycles. The molecule has 3 aromatic rings. The van der Waals surface area contributed by atoms with E-state index in [0.29, 0.717) is 11.6 Å². The Labute approximate surface area is 150 Å². The lowest BCUT2D eigenvalue weighted by Crippen LogP contribution is -2.33. The fraction of sp³-hybridized carbons (Fsp3) is 0.316. The number of rotatable bonds is 4. The summed E-state index contributed by atoms with van der Waals surface area (Å²) in [6.45, 7) is 7.86. The van der Waals surface area contributed by atoms with Crippen LogP contribution in [0.3, 0.4) is 0 Å². The zero-order valence-corrected chi connectivity index (χ0v) is 15.6. The van der Waals surface area contributed by atoms with Crippen molar-refractivity contribution in [1.29, 1.82) is 0 Å². The van der Waals surface area contributed by atoms with E-state index in [1.807, 2.05) is 33.8 Å². The van der Waals surface area contributed by atoms with Gasteiger partial charge in [-0.3, -0.25) is 14.2 Å². The molecule has 130 valence electrons. The summed E-state index contributed by atoms with van der Waals surface area (Å²) < 4.78 is 1.63. The van der Waals surface area contributed by atoms with Crippen LogP contribution in [-0.4, -0.2) is 15.5 Å². The van der Waals surface area contributed by atoms with Crippen molar-refractivity contribution in [2.75, 3.05) is 5.32 Å². The van der Waals surface area contributed by atoms with Crippen LogP contribution in [0, 0.1) is 20.8 Å². The first kappa shape index (κ1) is 17.4. The van der Waals surface area contributed by atoms with Crippen LogP contribution in [0.1, 0.15) is 36.1 Å². The van der Waals surface area contributed by atoms with E-state index in [4.69, 9.17) is 0 Å². The lowest BCUT2D eigenvalue weighted by Gasteiger charge is -2.22. The minimum absolute atomic E-state index is 0.155. The maximum absolute atomic E-state index is 12.8. The van der Waals surface area contributed by atoms with Crippen molar-refractivity contribution in [3.8, 4) is 0 Å². The third-order valence-corrected chi connectivity index (χ3v) is 5.04. The molecule has 5 nitrogen and oxygen atoms in total. The molecule has 0 bridgehead atoms. The Balaban J connectivity index is 2.18. The third kappa shape index (κ3) is 3.22. The van der Waals surface area contributed by atoms with Crippen molar-refractivity contribution < 1.29 is 4.79 Å². The number of pyridine rings is 1. The fourth-order valence-corrected chi connectivity index (χ4v) is 3.82. The Hall–Kier alpha value is -2.47. The number of amides is 1. The topological polar surface area (TPSA) is 64.0 Å². The SMILES string of the molecule is CCC(C(=O)Nc1nccs1)n1c(=O)cc(C)c2cc(C)cc(C)c21. The van der Waals surface area contributed by atoms with Crippen LogP contribution in [-0.2, 0) is 4.79 Å². The van der Waals surface area contributed by atoms with Crippen molar-refractivity contribution in [2.24, 2.45) is 0 Å². The highest BCUT2D eigenvalue weighted by Crippen LogP contribution is 2.26. The molecule has 1 atom stereocenters. The van der Waals surface area contributed by atoms with Crippen LogP contribution in [0.5, 0.6) is 0 Å². The molecule has 0 aliphatic carbocycles. The van der Waals surface area contributed by atoms with E-state index in [0.717, 1.165) is 27.6 Å². The highest BCUT2D eigenvalue weighted by atomic mass is 32.1. The first-order chi connectivity index (χ1) is 11.9. The smallest absolute Gasteiger partial charge is 0.252 e. The van der Waals surface area contributed by atoms with Crippen LogP contribution in [0.2, 0.25) is 0 Å². The Kier molecular flexibility index (Phi) is 4.72. The Morgan fingerprint density at radius 3 is 2.64 bits per heavy atom. The zero-order valence-electron chi connectivity index (χ0n) is 14.8. The summed E-state index contributed by atoms with van der Waals surface area (Å²) >= 11 is 1.36. The van der Waals surface area contributed by atoms with E-state index in [-0.39, 0.29) is 11.5 Å². The predicted molar refractivity (Wildman–Crippen MR) is 102 cm³/mol. The first-order valence-electron chi connectivity index (χ1n) is 8.25. The zero-order chi connectivity index (χ0) is 18.1. The molecule has 6 heteroatoms. The molecule has 0 saturated heterocycles. The maximum atomic E-state index is 12.8. The van der Waals surface area contributed by atoms with E-state index in [9.17, 15) is 9.59 Å². The van der Waals surface area contributed by atoms with Crippen LogP contribution in [0.25, 0.3) is 10.9 Å². The number of fused-ring (bicyclic) bond motifs is 1. The van der Waals surface area contributed by atoms with Crippen LogP contribution in [0.15, 0.2) is 34.6 Å². The van der Waals surface area contributed by atoms with Gasteiger partial charge in [0.1, 0.15) is 6.04 Å². The van der Waals surface area contributed by atoms with E-state index < -0.39 is 6.04 Å². The minimum Gasteiger partial charge on any atom is -0.300 e. The normalized spacial score (nSPS) is 12.3. The van der Waals surface area contributed by atoms with E-state index in [2.05, 4.69) is 16.4 Å². The lowest BCUT2D eigenvalue weighted by atomic mass is 10.0. The average molecular weight is 355 g/mol. The Morgan fingerprint density at radius 1 is 1.24 bits per heavy atom. The molecule has 0 aliphatic rings. The van der Waals surface area contributed by atoms with Crippen molar-refractivity contribution in [1.82, 2.24) is 9.55 Å². The number of nitrogens with one attached hydrogen (secondary N) is 1. The monoisotopic (exact) mass is 355 g/mol. The van der Waals surface area contributed by atoms with Crippen LogP contribution in [0.4, 0.5) is 5.13 Å². The van der Waals surface area contributed by atoms with E-state index in [1.165, 1.54) is 11.3 Å². The third-order valence-electron chi connectivity index (χ3n) is 4.35. The van der Waals surface area contributed by atoms with E-state index >= 15 is 0 Å². The van der Waals surface area contributed by atoms with Gasteiger partial charge >= 0.3 is 0 Å². The van der Waals surface area contributed by atoms with Gasteiger partial charge in [0.15, 0.2) is 5.13 Å². The van der Waals surface area contributed by atoms with Gasteiger partial charge < -0.3 is 5.32 Å². The molecule has 1 amide bonds. The largest absolute Gasteiger partial charge is 0.300 e. The summed E-state index contributed by atoms with van der Waals surface area (Å²) in [7, 11) is 0. The molecular weight excluding hydrogens is 334 g/mol. The fourth-order valence-electron chi connectivity index (χ4n) is 3.29. The molecule has 0 spiro atoms. The van der Waals surface area contributed by atoms with Crippen molar-refractivity contribution >= 4 is 33.3 Å². The predicted octanol–water partition coefficient (Wildman–Crippen LogP) is 3.97. The second kappa shape index (κ2) is 6.80. The highest BCUT2D eigenvalue weighted by Gasteiger charge is 2.23. The van der Waals surface area contributed by atoms with Gasteiger partial charge in [0.05, 0.1) is 5.52 Å². The second-order valence-corrected chi connectivity index (χ2v) is 7.16. The number of benzene rings is 1. The van der Waals surface area contributed by atoms with Crippen molar-refractivity contribution in [2.45, 2.75) is 40.2 Å². The molecule has 1 N–H and O–H groups in total. The number of aromatic nitrogens is 2. The van der Waals surface area contributed by atoms with Gasteiger partial charge in [0, 0.05) is 23.0 Å². The molecule has 3 rings (SSSR count). The van der Waals surface area contributed by atoms with Gasteiger partial charge in [-0.05, 0) is 44.4 Å². The summed E-state index contributed by atoms with van der Waals surface area (Å²) in [6, 6.07) is 5.14. The second-order valence-electron chi connectivity index (χ2n) is 6.26. The molecule has 2 aromatic heterocycles. The van der Waals surface area contributed by atoms with Crippen molar-refractivity contribution in [3.05, 3.63) is 56.8 Å². The van der Waals surface area contributed by atoms with Crippen LogP contribution < -0.4 is 10.9 Å². The summed E-state index contributed by atoms with van der Waals surface area (Å²) in [4.78, 5) is 29.7. The quantitative estimate of drug-likeness (QED) is 0.770. The number of aryl methyl sites for hydroxylation is 3. The summed E-state index contributed by atoms with van der Waals surface area (Å²) in [5, 5.41) is 6.17. The number of hydrogen-bond acceptors (Lipinski definition) is 4. The molecule has 0 fully saturated rings. The minimum atomic E-state index is -0.582. The lowest BCUT2D eigenvalue weighted by molar-refractivity contribution is -0.119. The molecule has 25 heavy (non-hydrogen) atoms. The van der Waals surface area contributed by atoms with E-state index in [1.54, 1.807) is 22.2 Å². The number of thiazole rings is 1. The standard InChI is InChI=1S/C19H21N3O2S/c1-5-15(18(24)21-19-20-6-7-25-19)22-16(23)10-12(3)14-9-11(2)8-13(4)17(14)22/h6-10,15H,5H2,1-4H3,(H,20,21,24). The highest BCUT2D eigenvalue weighted by molar-refractivity contribution is 7.13. The van der Waals surface area contributed by atoms with Crippen LogP contribution >= 0.6 is 11.3 Å². The van der Waals surface area contributed by atoms with Gasteiger partial charge in [0.2, 0.25) is 5.91 Å².